The molecule has 6 nitrogen and oxygen atoms in total. The third-order valence-electron chi connectivity index (χ3n) is 4.46. The third-order valence-corrected chi connectivity index (χ3v) is 5.30. The highest BCUT2D eigenvalue weighted by Gasteiger charge is 2.49. The molecule has 0 unspecified atom stereocenters. The Labute approximate surface area is 150 Å². The number of likely N-dealkylation sites (tertiary alicyclic amines) is 1. The van der Waals surface area contributed by atoms with Gasteiger partial charge in [-0.25, -0.2) is 9.97 Å². The summed E-state index contributed by atoms with van der Waals surface area (Å²) in [5.41, 5.74) is -0.288. The summed E-state index contributed by atoms with van der Waals surface area (Å²) >= 11 is 1.61. The number of ether oxygens (including phenoxy) is 2. The number of nitrogens with zero attached hydrogens (tertiary/aromatic N) is 3. The Kier molecular flexibility index (Phi) is 4.50. The van der Waals surface area contributed by atoms with E-state index in [1.54, 1.807) is 35.9 Å². The number of rotatable bonds is 4. The molecule has 2 saturated heterocycles. The number of hydrogen-bond donors (Lipinski definition) is 0. The lowest BCUT2D eigenvalue weighted by atomic mass is 9.84. The van der Waals surface area contributed by atoms with E-state index in [4.69, 9.17) is 9.47 Å². The van der Waals surface area contributed by atoms with Gasteiger partial charge in [-0.15, -0.1) is 11.3 Å². The van der Waals surface area contributed by atoms with E-state index in [0.29, 0.717) is 25.7 Å². The van der Waals surface area contributed by atoms with Gasteiger partial charge in [0.15, 0.2) is 0 Å². The van der Waals surface area contributed by atoms with Gasteiger partial charge in [-0.2, -0.15) is 0 Å². The molecule has 7 heteroatoms. The molecular formula is C18H19N3O3S. The molecule has 0 N–H and O–H groups in total. The first-order chi connectivity index (χ1) is 12.2. The van der Waals surface area contributed by atoms with E-state index in [9.17, 15) is 4.79 Å². The number of amides is 1. The molecule has 0 radical (unpaired) electrons. The Hall–Kier alpha value is -2.25. The number of carbonyl (C=O) groups excluding carboxylic acids is 1. The van der Waals surface area contributed by atoms with Crippen LogP contribution in [0.5, 0.6) is 6.01 Å². The van der Waals surface area contributed by atoms with Crippen molar-refractivity contribution in [1.82, 2.24) is 14.9 Å². The quantitative estimate of drug-likeness (QED) is 0.786. The summed E-state index contributed by atoms with van der Waals surface area (Å²) in [7, 11) is 0. The maximum Gasteiger partial charge on any atom is 0.316 e. The van der Waals surface area contributed by atoms with Crippen LogP contribution in [-0.2, 0) is 9.53 Å². The zero-order valence-electron chi connectivity index (χ0n) is 13.7. The Morgan fingerprint density at radius 2 is 2.20 bits per heavy atom. The topological polar surface area (TPSA) is 64.6 Å². The maximum atomic E-state index is 12.3. The Morgan fingerprint density at radius 3 is 2.96 bits per heavy atom. The van der Waals surface area contributed by atoms with Gasteiger partial charge in [0, 0.05) is 36.2 Å². The number of carbonyl (C=O) groups is 1. The molecule has 2 aromatic rings. The van der Waals surface area contributed by atoms with Gasteiger partial charge in [0.2, 0.25) is 5.91 Å². The minimum atomic E-state index is -0.288. The summed E-state index contributed by atoms with van der Waals surface area (Å²) in [5, 5.41) is 2.00. The van der Waals surface area contributed by atoms with E-state index in [0.717, 1.165) is 17.7 Å². The van der Waals surface area contributed by atoms with Crippen molar-refractivity contribution >= 4 is 23.3 Å². The van der Waals surface area contributed by atoms with Crippen molar-refractivity contribution in [2.24, 2.45) is 0 Å². The number of hydrogen-bond acceptors (Lipinski definition) is 6. The molecule has 2 aliphatic rings. The Balaban J connectivity index is 1.31. The molecule has 2 aliphatic heterocycles. The standard InChI is InChI=1S/C18H19N3O3S/c22-16(5-4-15-3-1-10-25-15)21-12-18(13-21)11-14(6-9-23-18)24-17-19-7-2-8-20-17/h1-5,7-8,10,14H,6,9,11-13H2/b5-4+/t14-/m1/s1. The van der Waals surface area contributed by atoms with E-state index >= 15 is 0 Å². The summed E-state index contributed by atoms with van der Waals surface area (Å²) < 4.78 is 11.8. The van der Waals surface area contributed by atoms with E-state index in [-0.39, 0.29) is 17.6 Å². The SMILES string of the molecule is O=C(/C=C/c1cccs1)N1CC2(C[C@H](Oc3ncccn3)CCO2)C1. The van der Waals surface area contributed by atoms with E-state index in [2.05, 4.69) is 9.97 Å². The van der Waals surface area contributed by atoms with Gasteiger partial charge < -0.3 is 14.4 Å². The van der Waals surface area contributed by atoms with Gasteiger partial charge in [0.1, 0.15) is 11.7 Å². The van der Waals surface area contributed by atoms with Crippen molar-refractivity contribution in [1.29, 1.82) is 0 Å². The van der Waals surface area contributed by atoms with Crippen molar-refractivity contribution in [3.8, 4) is 6.01 Å². The van der Waals surface area contributed by atoms with Crippen molar-refractivity contribution in [3.05, 3.63) is 46.9 Å². The van der Waals surface area contributed by atoms with Gasteiger partial charge in [0.25, 0.3) is 0 Å². The molecule has 2 fully saturated rings. The first kappa shape index (κ1) is 16.2. The van der Waals surface area contributed by atoms with Crippen LogP contribution >= 0.6 is 11.3 Å². The highest BCUT2D eigenvalue weighted by Crippen LogP contribution is 2.35. The molecular weight excluding hydrogens is 338 g/mol. The van der Waals surface area contributed by atoms with Gasteiger partial charge in [-0.3, -0.25) is 4.79 Å². The zero-order valence-corrected chi connectivity index (χ0v) is 14.5. The molecule has 0 aromatic carbocycles. The average molecular weight is 357 g/mol. The minimum Gasteiger partial charge on any atom is -0.460 e. The van der Waals surface area contributed by atoms with Crippen LogP contribution in [-0.4, -0.2) is 52.2 Å². The molecule has 1 spiro atoms. The molecule has 0 bridgehead atoms. The van der Waals surface area contributed by atoms with Crippen LogP contribution in [0.4, 0.5) is 0 Å². The predicted molar refractivity (Wildman–Crippen MR) is 94.3 cm³/mol. The molecule has 4 heterocycles. The summed E-state index contributed by atoms with van der Waals surface area (Å²) in [4.78, 5) is 23.4. The van der Waals surface area contributed by atoms with Gasteiger partial charge >= 0.3 is 6.01 Å². The van der Waals surface area contributed by atoms with Crippen LogP contribution in [0.25, 0.3) is 6.08 Å². The first-order valence-electron chi connectivity index (χ1n) is 8.31. The van der Waals surface area contributed by atoms with Gasteiger partial charge in [-0.1, -0.05) is 6.07 Å². The fourth-order valence-electron chi connectivity index (χ4n) is 3.25. The lowest BCUT2D eigenvalue weighted by Gasteiger charge is -2.52. The van der Waals surface area contributed by atoms with Crippen LogP contribution in [0.15, 0.2) is 42.0 Å². The minimum absolute atomic E-state index is 0.0232. The van der Waals surface area contributed by atoms with E-state index < -0.39 is 0 Å². The third kappa shape index (κ3) is 3.72. The smallest absolute Gasteiger partial charge is 0.316 e. The fourth-order valence-corrected chi connectivity index (χ4v) is 3.87. The Bertz CT molecular complexity index is 742. The van der Waals surface area contributed by atoms with Crippen LogP contribution in [0.1, 0.15) is 17.7 Å². The largest absolute Gasteiger partial charge is 0.460 e. The number of aromatic nitrogens is 2. The Morgan fingerprint density at radius 1 is 1.36 bits per heavy atom. The second-order valence-corrected chi connectivity index (χ2v) is 7.32. The van der Waals surface area contributed by atoms with Crippen LogP contribution in [0.2, 0.25) is 0 Å². The van der Waals surface area contributed by atoms with Crippen molar-refractivity contribution in [2.75, 3.05) is 19.7 Å². The molecule has 0 saturated carbocycles. The molecule has 25 heavy (non-hydrogen) atoms. The van der Waals surface area contributed by atoms with Crippen LogP contribution < -0.4 is 4.74 Å². The van der Waals surface area contributed by atoms with Gasteiger partial charge in [0.05, 0.1) is 19.7 Å². The maximum absolute atomic E-state index is 12.3. The fraction of sp³-hybridized carbons (Fsp3) is 0.389. The van der Waals surface area contributed by atoms with Crippen LogP contribution in [0.3, 0.4) is 0 Å². The predicted octanol–water partition coefficient (Wildman–Crippen LogP) is 2.39. The lowest BCUT2D eigenvalue weighted by Crippen LogP contribution is -2.67. The normalized spacial score (nSPS) is 22.1. The summed E-state index contributed by atoms with van der Waals surface area (Å²) in [6.07, 6.45) is 8.42. The zero-order chi connectivity index (χ0) is 17.1. The van der Waals surface area contributed by atoms with E-state index in [1.807, 2.05) is 28.5 Å². The van der Waals surface area contributed by atoms with Crippen molar-refractivity contribution in [2.45, 2.75) is 24.5 Å². The number of thiophene rings is 1. The van der Waals surface area contributed by atoms with Crippen molar-refractivity contribution in [3.63, 3.8) is 0 Å². The molecule has 1 amide bonds. The van der Waals surface area contributed by atoms with Crippen molar-refractivity contribution < 1.29 is 14.3 Å². The van der Waals surface area contributed by atoms with Crippen LogP contribution in [0, 0.1) is 0 Å². The molecule has 4 rings (SSSR count). The first-order valence-corrected chi connectivity index (χ1v) is 9.19. The molecule has 1 atom stereocenters. The second-order valence-electron chi connectivity index (χ2n) is 6.34. The average Bonchev–Trinajstić information content (AvgIpc) is 3.12. The summed E-state index contributed by atoms with van der Waals surface area (Å²) in [5.74, 6) is 0.0251. The molecule has 2 aromatic heterocycles. The monoisotopic (exact) mass is 357 g/mol. The van der Waals surface area contributed by atoms with E-state index in [1.165, 1.54) is 0 Å². The second kappa shape index (κ2) is 6.93. The highest BCUT2D eigenvalue weighted by atomic mass is 32.1. The van der Waals surface area contributed by atoms with Gasteiger partial charge in [-0.05, 0) is 23.6 Å². The molecule has 0 aliphatic carbocycles. The molecule has 130 valence electrons. The summed E-state index contributed by atoms with van der Waals surface area (Å²) in [6.45, 7) is 1.84. The highest BCUT2D eigenvalue weighted by molar-refractivity contribution is 7.10. The summed E-state index contributed by atoms with van der Waals surface area (Å²) in [6, 6.07) is 6.12. The lowest BCUT2D eigenvalue weighted by molar-refractivity contribution is -0.190.